The van der Waals surface area contributed by atoms with E-state index >= 15 is 0 Å². The van der Waals surface area contributed by atoms with Gasteiger partial charge in [0.25, 0.3) is 11.2 Å². The Morgan fingerprint density at radius 1 is 1.15 bits per heavy atom. The fourth-order valence-electron chi connectivity index (χ4n) is 3.14. The quantitative estimate of drug-likeness (QED) is 0.324. The van der Waals surface area contributed by atoms with Crippen LogP contribution in [-0.4, -0.2) is 23.1 Å². The number of sulfonamides is 1. The first kappa shape index (κ1) is 22.3. The van der Waals surface area contributed by atoms with Gasteiger partial charge in [0, 0.05) is 17.7 Å². The molecule has 2 aromatic heterocycles. The molecule has 0 atom stereocenters. The Kier molecular flexibility index (Phi) is 5.54. The van der Waals surface area contributed by atoms with E-state index in [1.54, 1.807) is 12.1 Å². The van der Waals surface area contributed by atoms with E-state index in [-0.39, 0.29) is 26.6 Å². The highest BCUT2D eigenvalue weighted by Crippen LogP contribution is 2.32. The zero-order valence-corrected chi connectivity index (χ0v) is 18.3. The number of nitro benzene ring substituents is 1. The maximum absolute atomic E-state index is 12.9. The van der Waals surface area contributed by atoms with Crippen LogP contribution < -0.4 is 21.3 Å². The highest BCUT2D eigenvalue weighted by molar-refractivity contribution is 7.89. The minimum absolute atomic E-state index is 0.0876. The van der Waals surface area contributed by atoms with Crippen LogP contribution >= 0.6 is 11.6 Å². The predicted octanol–water partition coefficient (Wildman–Crippen LogP) is 1.87. The molecule has 168 valence electrons. The molecule has 2 aromatic carbocycles. The number of nitro groups is 1. The second-order valence-electron chi connectivity index (χ2n) is 6.95. The normalized spacial score (nSPS) is 12.2. The minimum Gasteiger partial charge on any atom is -0.457 e. The molecule has 2 heterocycles. The molecule has 33 heavy (non-hydrogen) atoms. The molecule has 0 spiro atoms. The third-order valence-electron chi connectivity index (χ3n) is 4.77. The zero-order chi connectivity index (χ0) is 23.9. The minimum atomic E-state index is -3.86. The average Bonchev–Trinajstić information content (AvgIpc) is 3.33. The van der Waals surface area contributed by atoms with Crippen LogP contribution in [0.15, 0.2) is 68.7 Å². The van der Waals surface area contributed by atoms with Gasteiger partial charge in [-0.05, 0) is 48.5 Å². The van der Waals surface area contributed by atoms with Crippen LogP contribution in [0.5, 0.6) is 0 Å². The molecule has 4 rings (SSSR count). The summed E-state index contributed by atoms with van der Waals surface area (Å²) in [6, 6.07) is 12.6. The average molecular weight is 487 g/mol. The van der Waals surface area contributed by atoms with Crippen molar-refractivity contribution in [2.45, 2.75) is 4.90 Å². The van der Waals surface area contributed by atoms with Crippen LogP contribution in [0.2, 0.25) is 5.02 Å². The monoisotopic (exact) mass is 486 g/mol. The summed E-state index contributed by atoms with van der Waals surface area (Å²) < 4.78 is 29.8. The highest BCUT2D eigenvalue weighted by Gasteiger charge is 2.15. The number of hydrogen-bond donors (Lipinski definition) is 2. The second kappa shape index (κ2) is 8.20. The van der Waals surface area contributed by atoms with E-state index in [9.17, 15) is 23.3 Å². The van der Waals surface area contributed by atoms with Gasteiger partial charge in [-0.2, -0.15) is 0 Å². The fraction of sp³-hybridized carbons (Fsp3) is 0. The highest BCUT2D eigenvalue weighted by atomic mass is 35.5. The lowest BCUT2D eigenvalue weighted by Gasteiger charge is -2.02. The Morgan fingerprint density at radius 2 is 1.85 bits per heavy atom. The number of halogens is 1. The second-order valence-corrected chi connectivity index (χ2v) is 8.92. The maximum atomic E-state index is 12.9. The van der Waals surface area contributed by atoms with Crippen LogP contribution in [0.25, 0.3) is 29.7 Å². The first-order valence-electron chi connectivity index (χ1n) is 9.24. The standard InChI is InChI=1S/C21H15ClN4O6S/c1-12-17(21(27)25(24-12)13-2-6-16(7-3-13)33(23,30)31)11-15-5-9-20(32-15)18-10-14(26(28)29)4-8-19(18)22/h2-11,24H,1H2,(H2,23,30,31)/b17-11-. The molecule has 12 heteroatoms. The molecule has 0 saturated heterocycles. The maximum Gasteiger partial charge on any atom is 0.279 e. The number of nitrogens with two attached hydrogens (primary N) is 1. The predicted molar refractivity (Wildman–Crippen MR) is 122 cm³/mol. The topological polar surface area (TPSA) is 154 Å². The van der Waals surface area contributed by atoms with Gasteiger partial charge in [0.2, 0.25) is 10.0 Å². The lowest BCUT2D eigenvalue weighted by atomic mass is 10.1. The van der Waals surface area contributed by atoms with Gasteiger partial charge < -0.3 is 4.42 Å². The van der Waals surface area contributed by atoms with Crippen molar-refractivity contribution in [1.82, 2.24) is 9.78 Å². The Balaban J connectivity index is 1.74. The number of non-ortho nitro benzene ring substituents is 1. The number of aromatic nitrogens is 2. The van der Waals surface area contributed by atoms with Gasteiger partial charge in [-0.15, -0.1) is 0 Å². The lowest BCUT2D eigenvalue weighted by molar-refractivity contribution is -0.384. The zero-order valence-electron chi connectivity index (χ0n) is 16.7. The molecule has 0 radical (unpaired) electrons. The number of hydrogen-bond acceptors (Lipinski definition) is 6. The molecule has 0 aliphatic rings. The van der Waals surface area contributed by atoms with Crippen molar-refractivity contribution in [2.24, 2.45) is 5.14 Å². The van der Waals surface area contributed by atoms with Crippen LogP contribution in [-0.2, 0) is 10.0 Å². The van der Waals surface area contributed by atoms with Gasteiger partial charge in [-0.1, -0.05) is 18.2 Å². The molecule has 0 saturated carbocycles. The molecule has 4 aromatic rings. The van der Waals surface area contributed by atoms with Crippen molar-refractivity contribution < 1.29 is 17.8 Å². The number of H-pyrrole nitrogens is 1. The lowest BCUT2D eigenvalue weighted by Crippen LogP contribution is -2.33. The molecule has 0 amide bonds. The number of nitrogens with zero attached hydrogens (tertiary/aromatic N) is 2. The summed E-state index contributed by atoms with van der Waals surface area (Å²) >= 11 is 6.16. The summed E-state index contributed by atoms with van der Waals surface area (Å²) in [7, 11) is -3.86. The Bertz CT molecular complexity index is 1670. The summed E-state index contributed by atoms with van der Waals surface area (Å²) in [5.74, 6) is 0.584. The van der Waals surface area contributed by atoms with Crippen LogP contribution in [0, 0.1) is 10.1 Å². The molecular weight excluding hydrogens is 472 g/mol. The molecule has 0 bridgehead atoms. The number of nitrogens with one attached hydrogen (secondary N) is 1. The third-order valence-corrected chi connectivity index (χ3v) is 6.03. The van der Waals surface area contributed by atoms with Crippen molar-refractivity contribution in [2.75, 3.05) is 0 Å². The summed E-state index contributed by atoms with van der Waals surface area (Å²) in [6.07, 6.45) is 1.46. The largest absolute Gasteiger partial charge is 0.457 e. The summed E-state index contributed by atoms with van der Waals surface area (Å²) in [5, 5.41) is 19.7. The molecule has 0 aliphatic heterocycles. The number of benzene rings is 2. The van der Waals surface area contributed by atoms with E-state index in [1.807, 2.05) is 0 Å². The van der Waals surface area contributed by atoms with Crippen LogP contribution in [0.3, 0.4) is 0 Å². The van der Waals surface area contributed by atoms with Gasteiger partial charge in [0.1, 0.15) is 11.5 Å². The van der Waals surface area contributed by atoms with Crippen molar-refractivity contribution >= 4 is 40.0 Å². The van der Waals surface area contributed by atoms with Crippen LogP contribution in [0.1, 0.15) is 5.76 Å². The molecule has 0 fully saturated rings. The number of primary sulfonamides is 1. The van der Waals surface area contributed by atoms with E-state index in [1.165, 1.54) is 53.2 Å². The van der Waals surface area contributed by atoms with Crippen molar-refractivity contribution in [3.63, 3.8) is 0 Å². The molecule has 0 aliphatic carbocycles. The first-order chi connectivity index (χ1) is 15.5. The Hall–Kier alpha value is -3.93. The fourth-order valence-corrected chi connectivity index (χ4v) is 3.87. The molecular formula is C21H15ClN4O6S. The number of furan rings is 1. The molecule has 10 nitrogen and oxygen atoms in total. The third kappa shape index (κ3) is 4.37. The van der Waals surface area contributed by atoms with E-state index in [0.29, 0.717) is 22.4 Å². The van der Waals surface area contributed by atoms with Gasteiger partial charge >= 0.3 is 0 Å². The van der Waals surface area contributed by atoms with E-state index in [4.69, 9.17) is 21.2 Å². The SMILES string of the molecule is C=c1[nH]n(-c2ccc(S(N)(=O)=O)cc2)c(=O)/c1=C\c1ccc(-c2cc([N+](=O)[O-])ccc2Cl)o1. The Morgan fingerprint density at radius 3 is 2.48 bits per heavy atom. The van der Waals surface area contributed by atoms with E-state index in [0.717, 1.165) is 0 Å². The van der Waals surface area contributed by atoms with Gasteiger partial charge in [-0.3, -0.25) is 20.0 Å². The summed E-state index contributed by atoms with van der Waals surface area (Å²) in [4.78, 5) is 23.3. The summed E-state index contributed by atoms with van der Waals surface area (Å²) in [6.45, 7) is 3.83. The molecule has 0 unspecified atom stereocenters. The van der Waals surface area contributed by atoms with E-state index < -0.39 is 20.5 Å². The summed E-state index contributed by atoms with van der Waals surface area (Å²) in [5.41, 5.74) is 0.121. The smallest absolute Gasteiger partial charge is 0.279 e. The molecule has 3 N–H and O–H groups in total. The van der Waals surface area contributed by atoms with Gasteiger partial charge in [-0.25, -0.2) is 18.2 Å². The van der Waals surface area contributed by atoms with Gasteiger partial charge in [0.05, 0.1) is 31.1 Å². The van der Waals surface area contributed by atoms with Crippen molar-refractivity contribution in [3.05, 3.63) is 96.4 Å². The first-order valence-corrected chi connectivity index (χ1v) is 11.2. The number of aromatic amines is 1. The number of rotatable bonds is 5. The van der Waals surface area contributed by atoms with Crippen molar-refractivity contribution in [1.29, 1.82) is 0 Å². The Labute approximate surface area is 191 Å². The van der Waals surface area contributed by atoms with Crippen molar-refractivity contribution in [3.8, 4) is 17.0 Å². The van der Waals surface area contributed by atoms with E-state index in [2.05, 4.69) is 11.7 Å². The van der Waals surface area contributed by atoms with Gasteiger partial charge in [0.15, 0.2) is 0 Å². The van der Waals surface area contributed by atoms with Crippen LogP contribution in [0.4, 0.5) is 5.69 Å².